The van der Waals surface area contributed by atoms with Crippen LogP contribution in [0.4, 0.5) is 0 Å². The molecular formula is C23H28N4OS. The number of hydrogen-bond donors (Lipinski definition) is 1. The Labute approximate surface area is 176 Å². The highest BCUT2D eigenvalue weighted by atomic mass is 32.2. The third-order valence-electron chi connectivity index (χ3n) is 5.02. The summed E-state index contributed by atoms with van der Waals surface area (Å²) < 4.78 is 2.07. The quantitative estimate of drug-likeness (QED) is 0.550. The summed E-state index contributed by atoms with van der Waals surface area (Å²) >= 11 is 1.45. The van der Waals surface area contributed by atoms with Gasteiger partial charge in [0.1, 0.15) is 0 Å². The number of aromatic nitrogens is 3. The van der Waals surface area contributed by atoms with Gasteiger partial charge in [-0.25, -0.2) is 0 Å². The topological polar surface area (TPSA) is 59.8 Å². The number of nitrogens with zero attached hydrogens (tertiary/aromatic N) is 3. The van der Waals surface area contributed by atoms with E-state index in [-0.39, 0.29) is 17.1 Å². The van der Waals surface area contributed by atoms with Crippen LogP contribution in [-0.2, 0) is 11.3 Å². The van der Waals surface area contributed by atoms with Gasteiger partial charge in [-0.3, -0.25) is 4.79 Å². The molecule has 1 aromatic heterocycles. The molecule has 1 N–H and O–H groups in total. The number of nitrogens with one attached hydrogen (secondary N) is 1. The highest BCUT2D eigenvalue weighted by molar-refractivity contribution is 8.00. The first-order chi connectivity index (χ1) is 14.0. The lowest BCUT2D eigenvalue weighted by atomic mass is 10.0. The van der Waals surface area contributed by atoms with Gasteiger partial charge in [-0.05, 0) is 37.8 Å². The van der Waals surface area contributed by atoms with Crippen molar-refractivity contribution >= 4 is 17.7 Å². The van der Waals surface area contributed by atoms with Crippen LogP contribution in [0.5, 0.6) is 0 Å². The lowest BCUT2D eigenvalue weighted by Crippen LogP contribution is -2.33. The van der Waals surface area contributed by atoms with Crippen molar-refractivity contribution in [3.8, 4) is 11.4 Å². The zero-order valence-electron chi connectivity index (χ0n) is 17.4. The summed E-state index contributed by atoms with van der Waals surface area (Å²) in [7, 11) is 0. The average molecular weight is 409 g/mol. The second-order valence-electron chi connectivity index (χ2n) is 7.18. The number of aryl methyl sites for hydroxylation is 1. The summed E-state index contributed by atoms with van der Waals surface area (Å²) in [6.07, 6.45) is 0. The number of thioether (sulfide) groups is 1. The fourth-order valence-electron chi connectivity index (χ4n) is 3.19. The Hall–Kier alpha value is -2.60. The predicted octanol–water partition coefficient (Wildman–Crippen LogP) is 4.67. The maximum atomic E-state index is 12.6. The molecule has 29 heavy (non-hydrogen) atoms. The number of hydrogen-bond acceptors (Lipinski definition) is 4. The number of benzene rings is 2. The van der Waals surface area contributed by atoms with Crippen LogP contribution in [0.1, 0.15) is 37.8 Å². The fourth-order valence-corrected chi connectivity index (χ4v) is 4.13. The minimum absolute atomic E-state index is 0.0147. The predicted molar refractivity (Wildman–Crippen MR) is 119 cm³/mol. The van der Waals surface area contributed by atoms with Crippen molar-refractivity contribution in [2.75, 3.05) is 6.54 Å². The van der Waals surface area contributed by atoms with Crippen molar-refractivity contribution in [1.29, 1.82) is 0 Å². The molecule has 2 atom stereocenters. The van der Waals surface area contributed by atoms with Gasteiger partial charge in [0.15, 0.2) is 11.0 Å². The molecule has 3 aromatic rings. The third-order valence-corrected chi connectivity index (χ3v) is 6.10. The Kier molecular flexibility index (Phi) is 7.09. The molecule has 6 heteroatoms. The van der Waals surface area contributed by atoms with Crippen molar-refractivity contribution < 1.29 is 4.79 Å². The Bertz CT molecular complexity index is 955. The van der Waals surface area contributed by atoms with Gasteiger partial charge in [0, 0.05) is 18.7 Å². The van der Waals surface area contributed by atoms with E-state index in [4.69, 9.17) is 0 Å². The third kappa shape index (κ3) is 5.07. The van der Waals surface area contributed by atoms with Crippen LogP contribution in [-0.4, -0.2) is 32.5 Å². The molecule has 0 bridgehead atoms. The van der Waals surface area contributed by atoms with E-state index in [1.54, 1.807) is 0 Å². The van der Waals surface area contributed by atoms with Crippen LogP contribution < -0.4 is 5.32 Å². The summed E-state index contributed by atoms with van der Waals surface area (Å²) in [5, 5.41) is 12.4. The molecule has 0 spiro atoms. The molecule has 0 aliphatic heterocycles. The van der Waals surface area contributed by atoms with E-state index in [0.717, 1.165) is 28.7 Å². The summed E-state index contributed by atoms with van der Waals surface area (Å²) in [6.45, 7) is 9.54. The Morgan fingerprint density at radius 2 is 1.76 bits per heavy atom. The zero-order valence-corrected chi connectivity index (χ0v) is 18.2. The molecule has 0 radical (unpaired) electrons. The molecule has 0 saturated carbocycles. The summed E-state index contributed by atoms with van der Waals surface area (Å²) in [5.41, 5.74) is 3.45. The summed E-state index contributed by atoms with van der Waals surface area (Å²) in [4.78, 5) is 12.6. The molecule has 0 fully saturated rings. The highest BCUT2D eigenvalue weighted by Crippen LogP contribution is 2.28. The lowest BCUT2D eigenvalue weighted by molar-refractivity contribution is -0.120. The van der Waals surface area contributed by atoms with Gasteiger partial charge < -0.3 is 9.88 Å². The Morgan fingerprint density at radius 3 is 2.45 bits per heavy atom. The largest absolute Gasteiger partial charge is 0.355 e. The van der Waals surface area contributed by atoms with Gasteiger partial charge in [-0.2, -0.15) is 0 Å². The van der Waals surface area contributed by atoms with Crippen molar-refractivity contribution in [1.82, 2.24) is 20.1 Å². The normalized spacial score (nSPS) is 13.1. The van der Waals surface area contributed by atoms with Gasteiger partial charge in [0.05, 0.1) is 5.25 Å². The van der Waals surface area contributed by atoms with Crippen molar-refractivity contribution in [3.63, 3.8) is 0 Å². The van der Waals surface area contributed by atoms with Gasteiger partial charge in [0.25, 0.3) is 0 Å². The molecule has 0 aliphatic carbocycles. The van der Waals surface area contributed by atoms with Gasteiger partial charge >= 0.3 is 0 Å². The summed E-state index contributed by atoms with van der Waals surface area (Å²) in [5.74, 6) is 1.13. The number of amides is 1. The maximum absolute atomic E-state index is 12.6. The minimum Gasteiger partial charge on any atom is -0.355 e. The van der Waals surface area contributed by atoms with Crippen molar-refractivity contribution in [2.45, 2.75) is 50.6 Å². The fraction of sp³-hybridized carbons (Fsp3) is 0.348. The van der Waals surface area contributed by atoms with Crippen LogP contribution in [0.15, 0.2) is 59.8 Å². The van der Waals surface area contributed by atoms with E-state index in [0.29, 0.717) is 6.54 Å². The number of rotatable bonds is 8. The highest BCUT2D eigenvalue weighted by Gasteiger charge is 2.21. The van der Waals surface area contributed by atoms with Crippen LogP contribution in [0.25, 0.3) is 11.4 Å². The molecular weight excluding hydrogens is 380 g/mol. The Morgan fingerprint density at radius 1 is 1.07 bits per heavy atom. The second kappa shape index (κ2) is 9.74. The molecule has 0 unspecified atom stereocenters. The van der Waals surface area contributed by atoms with Gasteiger partial charge in [-0.1, -0.05) is 73.3 Å². The Balaban J connectivity index is 1.65. The van der Waals surface area contributed by atoms with Gasteiger partial charge in [0.2, 0.25) is 5.91 Å². The minimum atomic E-state index is -0.253. The molecule has 0 aliphatic rings. The first-order valence-corrected chi connectivity index (χ1v) is 10.9. The number of carbonyl (C=O) groups excluding carboxylic acids is 1. The zero-order chi connectivity index (χ0) is 20.8. The average Bonchev–Trinajstić information content (AvgIpc) is 3.14. The first-order valence-electron chi connectivity index (χ1n) is 9.99. The van der Waals surface area contributed by atoms with Crippen LogP contribution in [0, 0.1) is 6.92 Å². The number of carbonyl (C=O) groups is 1. The van der Waals surface area contributed by atoms with Crippen LogP contribution >= 0.6 is 11.8 Å². The molecule has 1 amide bonds. The molecule has 1 heterocycles. The van der Waals surface area contributed by atoms with E-state index >= 15 is 0 Å². The van der Waals surface area contributed by atoms with E-state index in [1.165, 1.54) is 17.3 Å². The smallest absolute Gasteiger partial charge is 0.233 e. The monoisotopic (exact) mass is 408 g/mol. The van der Waals surface area contributed by atoms with Crippen molar-refractivity contribution in [2.24, 2.45) is 0 Å². The van der Waals surface area contributed by atoms with Crippen molar-refractivity contribution in [3.05, 3.63) is 65.7 Å². The molecule has 2 aromatic carbocycles. The summed E-state index contributed by atoms with van der Waals surface area (Å²) in [6, 6.07) is 18.4. The molecule has 3 rings (SSSR count). The molecule has 0 saturated heterocycles. The standard InChI is InChI=1S/C23H28N4OS/c1-5-27-21(20-14-10-9-11-16(20)2)25-26-23(27)29-18(4)22(28)24-15-17(3)19-12-7-6-8-13-19/h6-14,17-18H,5,15H2,1-4H3,(H,24,28)/t17-,18-/m1/s1. The second-order valence-corrected chi connectivity index (χ2v) is 8.49. The van der Waals surface area contributed by atoms with E-state index in [1.807, 2.05) is 37.3 Å². The van der Waals surface area contributed by atoms with E-state index in [9.17, 15) is 4.79 Å². The molecule has 5 nitrogen and oxygen atoms in total. The van der Waals surface area contributed by atoms with E-state index in [2.05, 4.69) is 65.1 Å². The lowest BCUT2D eigenvalue weighted by Gasteiger charge is -2.16. The van der Waals surface area contributed by atoms with E-state index < -0.39 is 0 Å². The molecule has 152 valence electrons. The maximum Gasteiger partial charge on any atom is 0.233 e. The van der Waals surface area contributed by atoms with Crippen LogP contribution in [0.3, 0.4) is 0 Å². The first kappa shape index (κ1) is 21.1. The van der Waals surface area contributed by atoms with Crippen LogP contribution in [0.2, 0.25) is 0 Å². The van der Waals surface area contributed by atoms with Gasteiger partial charge in [-0.15, -0.1) is 10.2 Å². The SMILES string of the molecule is CCn1c(S[C@H](C)C(=O)NC[C@@H](C)c2ccccc2)nnc1-c1ccccc1C.